The zero-order valence-electron chi connectivity index (χ0n) is 12.5. The Morgan fingerprint density at radius 1 is 1.23 bits per heavy atom. The van der Waals surface area contributed by atoms with Crippen LogP contribution in [0.15, 0.2) is 35.7 Å². The fraction of sp³-hybridized carbons (Fsp3) is 0.294. The largest absolute Gasteiger partial charge is 0.352 e. The van der Waals surface area contributed by atoms with Gasteiger partial charge in [-0.3, -0.25) is 9.59 Å². The molecule has 0 saturated carbocycles. The van der Waals surface area contributed by atoms with Gasteiger partial charge in [-0.15, -0.1) is 11.3 Å². The summed E-state index contributed by atoms with van der Waals surface area (Å²) in [6.07, 6.45) is 0.944. The van der Waals surface area contributed by atoms with Gasteiger partial charge in [0.15, 0.2) is 0 Å². The lowest BCUT2D eigenvalue weighted by molar-refractivity contribution is -0.119. The minimum atomic E-state index is -0.0555. The van der Waals surface area contributed by atoms with Crippen molar-refractivity contribution >= 4 is 23.2 Å². The lowest BCUT2D eigenvalue weighted by Crippen LogP contribution is -2.35. The molecule has 0 radical (unpaired) electrons. The Morgan fingerprint density at radius 2 is 2.00 bits per heavy atom. The van der Waals surface area contributed by atoms with E-state index in [4.69, 9.17) is 0 Å². The quantitative estimate of drug-likeness (QED) is 0.946. The molecule has 1 aromatic heterocycles. The molecule has 1 aliphatic heterocycles. The number of rotatable bonds is 3. The van der Waals surface area contributed by atoms with Gasteiger partial charge in [0.1, 0.15) is 0 Å². The highest BCUT2D eigenvalue weighted by Crippen LogP contribution is 2.25. The van der Waals surface area contributed by atoms with Gasteiger partial charge < -0.3 is 10.2 Å². The molecule has 1 aliphatic rings. The van der Waals surface area contributed by atoms with Crippen molar-refractivity contribution in [2.75, 3.05) is 6.54 Å². The zero-order valence-corrected chi connectivity index (χ0v) is 13.3. The molecule has 0 bridgehead atoms. The van der Waals surface area contributed by atoms with Crippen LogP contribution >= 0.6 is 11.3 Å². The minimum Gasteiger partial charge on any atom is -0.352 e. The average molecular weight is 314 g/mol. The molecule has 0 atom stereocenters. The second-order valence-electron chi connectivity index (χ2n) is 5.45. The Morgan fingerprint density at radius 3 is 2.73 bits per heavy atom. The van der Waals surface area contributed by atoms with Crippen LogP contribution in [0.5, 0.6) is 0 Å². The van der Waals surface area contributed by atoms with Gasteiger partial charge in [-0.25, -0.2) is 0 Å². The summed E-state index contributed by atoms with van der Waals surface area (Å²) in [6.45, 7) is 3.46. The van der Waals surface area contributed by atoms with E-state index in [1.54, 1.807) is 11.3 Å². The van der Waals surface area contributed by atoms with E-state index in [0.717, 1.165) is 18.5 Å². The van der Waals surface area contributed by atoms with Gasteiger partial charge in [0, 0.05) is 37.0 Å². The molecule has 0 fully saturated rings. The van der Waals surface area contributed by atoms with Crippen molar-refractivity contribution in [3.8, 4) is 0 Å². The van der Waals surface area contributed by atoms with Crippen LogP contribution in [0.3, 0.4) is 0 Å². The first kappa shape index (κ1) is 14.8. The summed E-state index contributed by atoms with van der Waals surface area (Å²) in [4.78, 5) is 26.8. The molecule has 0 aliphatic carbocycles. The highest BCUT2D eigenvalue weighted by atomic mass is 32.1. The third kappa shape index (κ3) is 3.20. The predicted molar refractivity (Wildman–Crippen MR) is 86.7 cm³/mol. The molecule has 3 rings (SSSR count). The molecule has 2 heterocycles. The molecule has 2 amide bonds. The summed E-state index contributed by atoms with van der Waals surface area (Å²) in [6, 6.07) is 9.56. The van der Waals surface area contributed by atoms with E-state index in [1.165, 1.54) is 17.4 Å². The van der Waals surface area contributed by atoms with Crippen LogP contribution in [0, 0.1) is 0 Å². The second kappa shape index (κ2) is 6.32. The number of hydrogen-bond donors (Lipinski definition) is 1. The van der Waals surface area contributed by atoms with E-state index in [1.807, 2.05) is 29.2 Å². The van der Waals surface area contributed by atoms with Crippen molar-refractivity contribution in [2.45, 2.75) is 26.4 Å². The topological polar surface area (TPSA) is 49.4 Å². The van der Waals surface area contributed by atoms with Gasteiger partial charge in [0.05, 0.1) is 0 Å². The monoisotopic (exact) mass is 314 g/mol. The van der Waals surface area contributed by atoms with Gasteiger partial charge in [-0.2, -0.15) is 0 Å². The van der Waals surface area contributed by atoms with Crippen LogP contribution in [-0.4, -0.2) is 23.3 Å². The Balaban J connectivity index is 1.66. The van der Waals surface area contributed by atoms with Crippen molar-refractivity contribution in [3.63, 3.8) is 0 Å². The summed E-state index contributed by atoms with van der Waals surface area (Å²) < 4.78 is 0. The average Bonchev–Trinajstić information content (AvgIpc) is 3.00. The van der Waals surface area contributed by atoms with Gasteiger partial charge in [0.2, 0.25) is 5.91 Å². The number of nitrogens with one attached hydrogen (secondary N) is 1. The number of fused-ring (bicyclic) bond motifs is 1. The summed E-state index contributed by atoms with van der Waals surface area (Å²) in [7, 11) is 0. The molecule has 2 aromatic rings. The van der Waals surface area contributed by atoms with Crippen LogP contribution in [0.25, 0.3) is 0 Å². The molecule has 1 aromatic carbocycles. The van der Waals surface area contributed by atoms with Gasteiger partial charge in [-0.1, -0.05) is 12.1 Å². The second-order valence-corrected chi connectivity index (χ2v) is 6.45. The number of hydrogen-bond acceptors (Lipinski definition) is 3. The van der Waals surface area contributed by atoms with Crippen molar-refractivity contribution < 1.29 is 9.59 Å². The normalized spacial score (nSPS) is 13.6. The lowest BCUT2D eigenvalue weighted by atomic mass is 10.1. The predicted octanol–water partition coefficient (Wildman–Crippen LogP) is 2.58. The van der Waals surface area contributed by atoms with Gasteiger partial charge in [-0.05, 0) is 41.1 Å². The first-order valence-corrected chi connectivity index (χ1v) is 8.19. The molecule has 1 N–H and O–H groups in total. The SMILES string of the molecule is CC(=O)NCc1ccc(C(=O)N2CCc3sccc3C2)cc1. The van der Waals surface area contributed by atoms with E-state index < -0.39 is 0 Å². The smallest absolute Gasteiger partial charge is 0.254 e. The summed E-state index contributed by atoms with van der Waals surface area (Å²) in [5, 5.41) is 4.84. The van der Waals surface area contributed by atoms with Crippen LogP contribution in [-0.2, 0) is 24.3 Å². The van der Waals surface area contributed by atoms with Gasteiger partial charge in [0.25, 0.3) is 5.91 Å². The highest BCUT2D eigenvalue weighted by molar-refractivity contribution is 7.10. The highest BCUT2D eigenvalue weighted by Gasteiger charge is 2.22. The number of benzene rings is 1. The molecule has 22 heavy (non-hydrogen) atoms. The number of amides is 2. The molecular formula is C17H18N2O2S. The first-order valence-electron chi connectivity index (χ1n) is 7.31. The zero-order chi connectivity index (χ0) is 15.5. The fourth-order valence-corrected chi connectivity index (χ4v) is 3.49. The Kier molecular flexibility index (Phi) is 4.24. The van der Waals surface area contributed by atoms with Crippen LogP contribution < -0.4 is 5.32 Å². The molecule has 0 unspecified atom stereocenters. The van der Waals surface area contributed by atoms with E-state index in [9.17, 15) is 9.59 Å². The van der Waals surface area contributed by atoms with Gasteiger partial charge >= 0.3 is 0 Å². The standard InChI is InChI=1S/C17H18N2O2S/c1-12(20)18-10-13-2-4-14(5-3-13)17(21)19-8-6-16-15(11-19)7-9-22-16/h2-5,7,9H,6,8,10-11H2,1H3,(H,18,20). The van der Waals surface area contributed by atoms with Crippen LogP contribution in [0.1, 0.15) is 33.3 Å². The van der Waals surface area contributed by atoms with E-state index in [0.29, 0.717) is 18.7 Å². The maximum Gasteiger partial charge on any atom is 0.254 e. The molecule has 114 valence electrons. The third-order valence-corrected chi connectivity index (χ3v) is 4.86. The fourth-order valence-electron chi connectivity index (χ4n) is 2.60. The molecular weight excluding hydrogens is 296 g/mol. The summed E-state index contributed by atoms with van der Waals surface area (Å²) in [5.74, 6) is 0.0166. The minimum absolute atomic E-state index is 0.0555. The Labute approximate surface area is 133 Å². The Hall–Kier alpha value is -2.14. The molecule has 0 saturated heterocycles. The van der Waals surface area contributed by atoms with E-state index >= 15 is 0 Å². The van der Waals surface area contributed by atoms with Crippen molar-refractivity contribution in [3.05, 3.63) is 57.3 Å². The third-order valence-electron chi connectivity index (χ3n) is 3.84. The van der Waals surface area contributed by atoms with Crippen LogP contribution in [0.4, 0.5) is 0 Å². The van der Waals surface area contributed by atoms with Crippen LogP contribution in [0.2, 0.25) is 0 Å². The molecule has 5 heteroatoms. The van der Waals surface area contributed by atoms with Crippen molar-refractivity contribution in [1.82, 2.24) is 10.2 Å². The molecule has 0 spiro atoms. The number of carbonyl (C=O) groups is 2. The Bertz CT molecular complexity index is 691. The number of nitrogens with zero attached hydrogens (tertiary/aromatic N) is 1. The summed E-state index contributed by atoms with van der Waals surface area (Å²) in [5.41, 5.74) is 2.96. The molecule has 4 nitrogen and oxygen atoms in total. The van der Waals surface area contributed by atoms with Crippen molar-refractivity contribution in [2.24, 2.45) is 0 Å². The maximum absolute atomic E-state index is 12.6. The number of thiophene rings is 1. The van der Waals surface area contributed by atoms with Crippen molar-refractivity contribution in [1.29, 1.82) is 0 Å². The maximum atomic E-state index is 12.6. The van der Waals surface area contributed by atoms with E-state index in [2.05, 4.69) is 16.8 Å². The lowest BCUT2D eigenvalue weighted by Gasteiger charge is -2.27. The number of carbonyl (C=O) groups excluding carboxylic acids is 2. The first-order chi connectivity index (χ1) is 10.6. The van der Waals surface area contributed by atoms with E-state index in [-0.39, 0.29) is 11.8 Å². The summed E-state index contributed by atoms with van der Waals surface area (Å²) >= 11 is 1.77.